The van der Waals surface area contributed by atoms with E-state index in [0.29, 0.717) is 11.9 Å². The number of nitrogens with zero attached hydrogens (tertiary/aromatic N) is 1. The van der Waals surface area contributed by atoms with Crippen LogP contribution in [-0.4, -0.2) is 36.5 Å². The molecule has 1 amide bonds. The van der Waals surface area contributed by atoms with Crippen LogP contribution in [0.15, 0.2) is 0 Å². The largest absolute Gasteiger partial charge is 0.339 e. The molecule has 1 fully saturated rings. The van der Waals surface area contributed by atoms with Gasteiger partial charge in [0.2, 0.25) is 5.91 Å². The first kappa shape index (κ1) is 14.5. The van der Waals surface area contributed by atoms with Crippen LogP contribution < -0.4 is 5.32 Å². The first-order chi connectivity index (χ1) is 8.29. The highest BCUT2D eigenvalue weighted by Crippen LogP contribution is 2.12. The van der Waals surface area contributed by atoms with Crippen LogP contribution in [0, 0.1) is 0 Å². The van der Waals surface area contributed by atoms with Crippen molar-refractivity contribution in [3.05, 3.63) is 0 Å². The average molecular weight is 240 g/mol. The van der Waals surface area contributed by atoms with E-state index in [1.54, 1.807) is 0 Å². The molecular weight excluding hydrogens is 212 g/mol. The van der Waals surface area contributed by atoms with Gasteiger partial charge in [-0.15, -0.1) is 0 Å². The summed E-state index contributed by atoms with van der Waals surface area (Å²) in [5, 5.41) is 3.33. The summed E-state index contributed by atoms with van der Waals surface area (Å²) >= 11 is 0. The summed E-state index contributed by atoms with van der Waals surface area (Å²) in [6, 6.07) is 0.447. The smallest absolute Gasteiger partial charge is 0.222 e. The lowest BCUT2D eigenvalue weighted by atomic mass is 10.1. The molecule has 0 aromatic rings. The van der Waals surface area contributed by atoms with Crippen LogP contribution in [-0.2, 0) is 4.79 Å². The van der Waals surface area contributed by atoms with Gasteiger partial charge < -0.3 is 10.2 Å². The number of likely N-dealkylation sites (N-methyl/N-ethyl adjacent to an activating group) is 1. The highest BCUT2D eigenvalue weighted by molar-refractivity contribution is 5.76. The van der Waals surface area contributed by atoms with Crippen LogP contribution in [0.5, 0.6) is 0 Å². The maximum atomic E-state index is 12.1. The van der Waals surface area contributed by atoms with E-state index >= 15 is 0 Å². The second-order valence-electron chi connectivity index (χ2n) is 4.99. The molecular formula is C14H28N2O. The second-order valence-corrected chi connectivity index (χ2v) is 4.99. The summed E-state index contributed by atoms with van der Waals surface area (Å²) in [7, 11) is 0. The van der Waals surface area contributed by atoms with E-state index in [1.165, 1.54) is 25.7 Å². The molecule has 0 radical (unpaired) electrons. The van der Waals surface area contributed by atoms with Gasteiger partial charge in [0.15, 0.2) is 0 Å². The second kappa shape index (κ2) is 8.51. The third-order valence-corrected chi connectivity index (χ3v) is 3.63. The minimum Gasteiger partial charge on any atom is -0.339 e. The molecule has 0 spiro atoms. The Morgan fingerprint density at radius 2 is 2.00 bits per heavy atom. The summed E-state index contributed by atoms with van der Waals surface area (Å²) in [4.78, 5) is 14.2. The van der Waals surface area contributed by atoms with Crippen molar-refractivity contribution in [1.29, 1.82) is 0 Å². The zero-order valence-corrected chi connectivity index (χ0v) is 11.5. The minimum absolute atomic E-state index is 0.359. The van der Waals surface area contributed by atoms with Crippen molar-refractivity contribution in [2.24, 2.45) is 0 Å². The molecule has 1 rings (SSSR count). The predicted molar refractivity (Wildman–Crippen MR) is 72.0 cm³/mol. The Morgan fingerprint density at radius 3 is 2.59 bits per heavy atom. The standard InChI is InChI=1S/C14H28N2O/c1-3-5-6-7-8-9-14(17)16(4-2)13-10-11-15-12-13/h13,15H,3-12H2,1-2H3. The number of rotatable bonds is 8. The van der Waals surface area contributed by atoms with Crippen LogP contribution in [0.4, 0.5) is 0 Å². The Hall–Kier alpha value is -0.570. The van der Waals surface area contributed by atoms with E-state index in [0.717, 1.165) is 38.9 Å². The molecule has 100 valence electrons. The fourth-order valence-electron chi connectivity index (χ4n) is 2.57. The minimum atomic E-state index is 0.359. The summed E-state index contributed by atoms with van der Waals surface area (Å²) in [5.41, 5.74) is 0. The summed E-state index contributed by atoms with van der Waals surface area (Å²) < 4.78 is 0. The lowest BCUT2D eigenvalue weighted by Gasteiger charge is -2.27. The highest BCUT2D eigenvalue weighted by atomic mass is 16.2. The fraction of sp³-hybridized carbons (Fsp3) is 0.929. The molecule has 0 aromatic heterocycles. The summed E-state index contributed by atoms with van der Waals surface area (Å²) in [5.74, 6) is 0.359. The summed E-state index contributed by atoms with van der Waals surface area (Å²) in [6.45, 7) is 7.21. The molecule has 3 nitrogen and oxygen atoms in total. The van der Waals surface area contributed by atoms with Crippen molar-refractivity contribution in [3.63, 3.8) is 0 Å². The van der Waals surface area contributed by atoms with Crippen molar-refractivity contribution in [2.45, 2.75) is 64.8 Å². The Morgan fingerprint density at radius 1 is 1.24 bits per heavy atom. The Bertz CT molecular complexity index is 212. The van der Waals surface area contributed by atoms with Crippen LogP contribution in [0.25, 0.3) is 0 Å². The van der Waals surface area contributed by atoms with E-state index < -0.39 is 0 Å². The molecule has 0 bridgehead atoms. The van der Waals surface area contributed by atoms with Gasteiger partial charge >= 0.3 is 0 Å². The van der Waals surface area contributed by atoms with E-state index in [9.17, 15) is 4.79 Å². The van der Waals surface area contributed by atoms with Gasteiger partial charge in [0.1, 0.15) is 0 Å². The fourth-order valence-corrected chi connectivity index (χ4v) is 2.57. The number of carbonyl (C=O) groups is 1. The Balaban J connectivity index is 2.19. The molecule has 17 heavy (non-hydrogen) atoms. The van der Waals surface area contributed by atoms with Crippen molar-refractivity contribution in [1.82, 2.24) is 10.2 Å². The lowest BCUT2D eigenvalue weighted by Crippen LogP contribution is -2.41. The molecule has 3 heteroatoms. The van der Waals surface area contributed by atoms with Gasteiger partial charge in [-0.1, -0.05) is 32.6 Å². The van der Waals surface area contributed by atoms with Crippen molar-refractivity contribution < 1.29 is 4.79 Å². The van der Waals surface area contributed by atoms with E-state index in [-0.39, 0.29) is 0 Å². The third kappa shape index (κ3) is 5.07. The molecule has 0 saturated carbocycles. The molecule has 1 aliphatic rings. The van der Waals surface area contributed by atoms with Gasteiger partial charge in [0.25, 0.3) is 0 Å². The quantitative estimate of drug-likeness (QED) is 0.661. The molecule has 1 saturated heterocycles. The topological polar surface area (TPSA) is 32.3 Å². The van der Waals surface area contributed by atoms with Gasteiger partial charge in [-0.3, -0.25) is 4.79 Å². The number of amides is 1. The summed E-state index contributed by atoms with van der Waals surface area (Å²) in [6.07, 6.45) is 7.99. The van der Waals surface area contributed by atoms with Crippen molar-refractivity contribution >= 4 is 5.91 Å². The first-order valence-electron chi connectivity index (χ1n) is 7.29. The van der Waals surface area contributed by atoms with E-state index in [1.807, 2.05) is 0 Å². The Labute approximate surface area is 106 Å². The number of hydrogen-bond donors (Lipinski definition) is 1. The predicted octanol–water partition coefficient (Wildman–Crippen LogP) is 2.56. The van der Waals surface area contributed by atoms with Gasteiger partial charge in [-0.25, -0.2) is 0 Å². The van der Waals surface area contributed by atoms with E-state index in [2.05, 4.69) is 24.1 Å². The van der Waals surface area contributed by atoms with Gasteiger partial charge in [0, 0.05) is 25.6 Å². The van der Waals surface area contributed by atoms with Gasteiger partial charge in [0.05, 0.1) is 0 Å². The maximum absolute atomic E-state index is 12.1. The molecule has 0 aliphatic carbocycles. The zero-order chi connectivity index (χ0) is 12.5. The van der Waals surface area contributed by atoms with Crippen LogP contribution in [0.2, 0.25) is 0 Å². The number of carbonyl (C=O) groups excluding carboxylic acids is 1. The monoisotopic (exact) mass is 240 g/mol. The van der Waals surface area contributed by atoms with Crippen molar-refractivity contribution in [3.8, 4) is 0 Å². The molecule has 1 unspecified atom stereocenters. The number of nitrogens with one attached hydrogen (secondary N) is 1. The third-order valence-electron chi connectivity index (χ3n) is 3.63. The average Bonchev–Trinajstić information content (AvgIpc) is 2.83. The Kier molecular flexibility index (Phi) is 7.25. The molecule has 1 atom stereocenters. The van der Waals surface area contributed by atoms with Crippen molar-refractivity contribution in [2.75, 3.05) is 19.6 Å². The molecule has 0 aromatic carbocycles. The first-order valence-corrected chi connectivity index (χ1v) is 7.29. The van der Waals surface area contributed by atoms with Gasteiger partial charge in [-0.05, 0) is 26.3 Å². The molecule has 1 aliphatic heterocycles. The maximum Gasteiger partial charge on any atom is 0.222 e. The van der Waals surface area contributed by atoms with Crippen LogP contribution in [0.3, 0.4) is 0 Å². The van der Waals surface area contributed by atoms with Gasteiger partial charge in [-0.2, -0.15) is 0 Å². The normalized spacial score (nSPS) is 19.5. The van der Waals surface area contributed by atoms with Crippen LogP contribution in [0.1, 0.15) is 58.8 Å². The van der Waals surface area contributed by atoms with Crippen LogP contribution >= 0.6 is 0 Å². The van der Waals surface area contributed by atoms with E-state index in [4.69, 9.17) is 0 Å². The number of unbranched alkanes of at least 4 members (excludes halogenated alkanes) is 4. The molecule has 1 N–H and O–H groups in total. The number of hydrogen-bond acceptors (Lipinski definition) is 2. The zero-order valence-electron chi connectivity index (χ0n) is 11.5. The highest BCUT2D eigenvalue weighted by Gasteiger charge is 2.24. The molecule has 1 heterocycles. The lowest BCUT2D eigenvalue weighted by molar-refractivity contribution is -0.133. The SMILES string of the molecule is CCCCCCCC(=O)N(CC)C1CCNC1.